The van der Waals surface area contributed by atoms with Crippen LogP contribution < -0.4 is 10.6 Å². The van der Waals surface area contributed by atoms with Gasteiger partial charge < -0.3 is 15.2 Å². The van der Waals surface area contributed by atoms with Crippen molar-refractivity contribution in [2.75, 3.05) is 5.32 Å². The van der Waals surface area contributed by atoms with E-state index in [9.17, 15) is 13.6 Å². The van der Waals surface area contributed by atoms with Crippen LogP contribution in [-0.4, -0.2) is 10.6 Å². The lowest BCUT2D eigenvalue weighted by Crippen LogP contribution is -2.29. The topological polar surface area (TPSA) is 46.1 Å². The summed E-state index contributed by atoms with van der Waals surface area (Å²) in [6.07, 6.45) is 1.83. The molecule has 0 radical (unpaired) electrons. The predicted molar refractivity (Wildman–Crippen MR) is 92.2 cm³/mol. The van der Waals surface area contributed by atoms with Gasteiger partial charge in [0.05, 0.1) is 13.1 Å². The van der Waals surface area contributed by atoms with Gasteiger partial charge in [0.15, 0.2) is 0 Å². The summed E-state index contributed by atoms with van der Waals surface area (Å²) in [5.41, 5.74) is 1.92. The largest absolute Gasteiger partial charge is 0.345 e. The summed E-state index contributed by atoms with van der Waals surface area (Å²) in [7, 11) is 0. The van der Waals surface area contributed by atoms with Gasteiger partial charge in [0.1, 0.15) is 11.6 Å². The summed E-state index contributed by atoms with van der Waals surface area (Å²) in [4.78, 5) is 11.9. The molecule has 0 atom stereocenters. The molecule has 6 heteroatoms. The highest BCUT2D eigenvalue weighted by molar-refractivity contribution is 5.89. The van der Waals surface area contributed by atoms with Crippen molar-refractivity contribution < 1.29 is 13.6 Å². The number of halogens is 2. The lowest BCUT2D eigenvalue weighted by Gasteiger charge is -2.12. The second-order valence-electron chi connectivity index (χ2n) is 5.53. The molecule has 0 aliphatic heterocycles. The number of nitrogens with one attached hydrogen (secondary N) is 2. The zero-order valence-electron chi connectivity index (χ0n) is 13.4. The third-order valence-corrected chi connectivity index (χ3v) is 3.75. The molecule has 0 spiro atoms. The lowest BCUT2D eigenvalue weighted by atomic mass is 10.2. The van der Waals surface area contributed by atoms with E-state index in [1.165, 1.54) is 30.3 Å². The highest BCUT2D eigenvalue weighted by Gasteiger charge is 2.07. The minimum atomic E-state index is -0.398. The van der Waals surface area contributed by atoms with Gasteiger partial charge in [-0.15, -0.1) is 0 Å². The van der Waals surface area contributed by atoms with Crippen LogP contribution in [0.2, 0.25) is 0 Å². The number of hydrogen-bond donors (Lipinski definition) is 2. The maximum Gasteiger partial charge on any atom is 0.319 e. The van der Waals surface area contributed by atoms with Crippen LogP contribution >= 0.6 is 0 Å². The molecular weight excluding hydrogens is 324 g/mol. The molecule has 4 nitrogen and oxygen atoms in total. The molecule has 2 amide bonds. The van der Waals surface area contributed by atoms with Gasteiger partial charge in [-0.2, -0.15) is 0 Å². The molecule has 3 rings (SSSR count). The molecule has 0 aliphatic carbocycles. The highest BCUT2D eigenvalue weighted by atomic mass is 19.1. The van der Waals surface area contributed by atoms with Crippen molar-refractivity contribution in [1.82, 2.24) is 9.88 Å². The average Bonchev–Trinajstić information content (AvgIpc) is 3.04. The van der Waals surface area contributed by atoms with E-state index in [1.807, 2.05) is 22.9 Å². The predicted octanol–water partition coefficient (Wildman–Crippen LogP) is 4.14. The quantitative estimate of drug-likeness (QED) is 0.720. The van der Waals surface area contributed by atoms with Crippen LogP contribution in [0, 0.1) is 11.6 Å². The molecule has 1 aromatic heterocycles. The van der Waals surface area contributed by atoms with E-state index in [1.54, 1.807) is 18.2 Å². The first-order valence-electron chi connectivity index (χ1n) is 7.79. The Kier molecular flexibility index (Phi) is 5.09. The Hall–Kier alpha value is -3.15. The van der Waals surface area contributed by atoms with E-state index in [-0.39, 0.29) is 18.2 Å². The normalized spacial score (nSPS) is 10.5. The molecule has 0 fully saturated rings. The highest BCUT2D eigenvalue weighted by Crippen LogP contribution is 2.12. The smallest absolute Gasteiger partial charge is 0.319 e. The number of hydrogen-bond acceptors (Lipinski definition) is 1. The van der Waals surface area contributed by atoms with Crippen molar-refractivity contribution in [3.63, 3.8) is 0 Å². The number of aromatic nitrogens is 1. The molecule has 2 N–H and O–H groups in total. The molecule has 128 valence electrons. The maximum atomic E-state index is 13.8. The summed E-state index contributed by atoms with van der Waals surface area (Å²) >= 11 is 0. The molecule has 0 saturated carbocycles. The number of anilines is 1. The van der Waals surface area contributed by atoms with Gasteiger partial charge in [-0.1, -0.05) is 18.2 Å². The van der Waals surface area contributed by atoms with Crippen LogP contribution in [0.5, 0.6) is 0 Å². The number of urea groups is 1. The van der Waals surface area contributed by atoms with E-state index < -0.39 is 6.03 Å². The van der Waals surface area contributed by atoms with Crippen molar-refractivity contribution in [1.29, 1.82) is 0 Å². The van der Waals surface area contributed by atoms with Crippen LogP contribution in [0.25, 0.3) is 0 Å². The lowest BCUT2D eigenvalue weighted by molar-refractivity contribution is 0.251. The van der Waals surface area contributed by atoms with Gasteiger partial charge in [-0.25, -0.2) is 13.6 Å². The molecule has 1 heterocycles. The molecule has 3 aromatic rings. The fraction of sp³-hybridized carbons (Fsp3) is 0.105. The van der Waals surface area contributed by atoms with Gasteiger partial charge in [0.2, 0.25) is 0 Å². The Morgan fingerprint density at radius 2 is 1.72 bits per heavy atom. The minimum Gasteiger partial charge on any atom is -0.345 e. The van der Waals surface area contributed by atoms with Crippen molar-refractivity contribution in [2.24, 2.45) is 0 Å². The van der Waals surface area contributed by atoms with Crippen LogP contribution in [0.4, 0.5) is 19.3 Å². The van der Waals surface area contributed by atoms with Gasteiger partial charge in [0, 0.05) is 23.1 Å². The second-order valence-corrected chi connectivity index (χ2v) is 5.53. The van der Waals surface area contributed by atoms with E-state index >= 15 is 0 Å². The van der Waals surface area contributed by atoms with Crippen LogP contribution in [0.1, 0.15) is 11.3 Å². The fourth-order valence-electron chi connectivity index (χ4n) is 2.45. The first-order valence-corrected chi connectivity index (χ1v) is 7.79. The number of rotatable bonds is 5. The van der Waals surface area contributed by atoms with Crippen LogP contribution in [0.3, 0.4) is 0 Å². The zero-order valence-corrected chi connectivity index (χ0v) is 13.4. The Morgan fingerprint density at radius 1 is 0.960 bits per heavy atom. The minimum absolute atomic E-state index is 0.260. The van der Waals surface area contributed by atoms with Gasteiger partial charge in [-0.05, 0) is 42.5 Å². The Labute approximate surface area is 144 Å². The van der Waals surface area contributed by atoms with E-state index in [4.69, 9.17) is 0 Å². The molecule has 0 bridgehead atoms. The summed E-state index contributed by atoms with van der Waals surface area (Å²) in [6, 6.07) is 15.4. The first-order chi connectivity index (χ1) is 12.1. The number of carbonyl (C=O) groups is 1. The number of nitrogens with zero attached hydrogens (tertiary/aromatic N) is 1. The molecule has 2 aromatic carbocycles. The number of carbonyl (C=O) groups excluding carboxylic acids is 1. The summed E-state index contributed by atoms with van der Waals surface area (Å²) in [5, 5.41) is 5.35. The van der Waals surface area contributed by atoms with Gasteiger partial charge in [0.25, 0.3) is 0 Å². The number of benzene rings is 2. The Balaban J connectivity index is 1.59. The monoisotopic (exact) mass is 341 g/mol. The Morgan fingerprint density at radius 3 is 2.48 bits per heavy atom. The summed E-state index contributed by atoms with van der Waals surface area (Å²) in [6.45, 7) is 0.671. The summed E-state index contributed by atoms with van der Waals surface area (Å²) in [5.74, 6) is -0.624. The van der Waals surface area contributed by atoms with E-state index in [0.717, 1.165) is 5.69 Å². The van der Waals surface area contributed by atoms with Gasteiger partial charge in [-0.3, -0.25) is 0 Å². The SMILES string of the molecule is O=C(NCc1cccn1Cc1ccccc1F)Nc1ccc(F)cc1. The zero-order chi connectivity index (χ0) is 17.6. The van der Waals surface area contributed by atoms with Gasteiger partial charge >= 0.3 is 6.03 Å². The van der Waals surface area contributed by atoms with Crippen molar-refractivity contribution >= 4 is 11.7 Å². The maximum absolute atomic E-state index is 13.8. The third kappa shape index (κ3) is 4.44. The molecule has 0 unspecified atom stereocenters. The van der Waals surface area contributed by atoms with Crippen molar-refractivity contribution in [3.05, 3.63) is 89.8 Å². The standard InChI is InChI=1S/C19H17F2N3O/c20-15-7-9-16(10-8-15)23-19(25)22-12-17-5-3-11-24(17)13-14-4-1-2-6-18(14)21/h1-11H,12-13H2,(H2,22,23,25). The second kappa shape index (κ2) is 7.61. The first kappa shape index (κ1) is 16.7. The molecule has 25 heavy (non-hydrogen) atoms. The van der Waals surface area contributed by atoms with Crippen LogP contribution in [0.15, 0.2) is 66.9 Å². The summed E-state index contributed by atoms with van der Waals surface area (Å²) < 4.78 is 28.5. The molecular formula is C19H17F2N3O. The molecule has 0 aliphatic rings. The van der Waals surface area contributed by atoms with E-state index in [2.05, 4.69) is 10.6 Å². The van der Waals surface area contributed by atoms with Crippen molar-refractivity contribution in [2.45, 2.75) is 13.1 Å². The third-order valence-electron chi connectivity index (χ3n) is 3.75. The Bertz CT molecular complexity index is 859. The number of amides is 2. The van der Waals surface area contributed by atoms with Crippen LogP contribution in [-0.2, 0) is 13.1 Å². The van der Waals surface area contributed by atoms with Crippen molar-refractivity contribution in [3.8, 4) is 0 Å². The van der Waals surface area contributed by atoms with E-state index in [0.29, 0.717) is 17.8 Å². The molecule has 0 saturated heterocycles. The fourth-order valence-corrected chi connectivity index (χ4v) is 2.45. The average molecular weight is 341 g/mol.